The van der Waals surface area contributed by atoms with E-state index in [4.69, 9.17) is 0 Å². The molecule has 13 nitrogen and oxygen atoms in total. The molecule has 2 aromatic rings. The second-order valence-electron chi connectivity index (χ2n) is 12.0. The van der Waals surface area contributed by atoms with Crippen molar-refractivity contribution < 1.29 is 34.1 Å². The molecule has 1 saturated heterocycles. The van der Waals surface area contributed by atoms with Crippen LogP contribution in [0.5, 0.6) is 5.75 Å². The van der Waals surface area contributed by atoms with Crippen LogP contribution in [0.4, 0.5) is 22.7 Å². The lowest BCUT2D eigenvalue weighted by molar-refractivity contribution is -0.392. The van der Waals surface area contributed by atoms with Gasteiger partial charge in [0, 0.05) is 54.4 Å². The van der Waals surface area contributed by atoms with Crippen LogP contribution in [0.15, 0.2) is 64.8 Å². The number of nitro groups is 2. The van der Waals surface area contributed by atoms with Crippen LogP contribution in [-0.4, -0.2) is 52.4 Å². The number of imide groups is 1. The molecule has 45 heavy (non-hydrogen) atoms. The highest BCUT2D eigenvalue weighted by Gasteiger charge is 2.57. The van der Waals surface area contributed by atoms with E-state index >= 15 is 0 Å². The highest BCUT2D eigenvalue weighted by atomic mass is 16.6. The lowest BCUT2D eigenvalue weighted by Gasteiger charge is -2.42. The minimum atomic E-state index is -1.01. The number of rotatable bonds is 5. The van der Waals surface area contributed by atoms with Crippen molar-refractivity contribution in [2.24, 2.45) is 17.8 Å². The number of para-hydroxylation sites is 1. The molecule has 0 spiro atoms. The van der Waals surface area contributed by atoms with Gasteiger partial charge < -0.3 is 10.0 Å². The Labute approximate surface area is 256 Å². The van der Waals surface area contributed by atoms with E-state index in [0.29, 0.717) is 16.7 Å². The molecule has 1 fully saturated rings. The summed E-state index contributed by atoms with van der Waals surface area (Å²) >= 11 is 0. The maximum atomic E-state index is 14.2. The number of carbonyl (C=O) groups is 4. The Morgan fingerprint density at radius 1 is 0.956 bits per heavy atom. The number of carbonyl (C=O) groups excluding carboxylic acids is 4. The largest absolute Gasteiger partial charge is 0.507 e. The van der Waals surface area contributed by atoms with Crippen molar-refractivity contribution in [1.82, 2.24) is 0 Å². The number of nitrogens with zero attached hydrogens (tertiary/aromatic N) is 4. The second kappa shape index (κ2) is 10.3. The third-order valence-corrected chi connectivity index (χ3v) is 9.30. The summed E-state index contributed by atoms with van der Waals surface area (Å²) in [5.74, 6) is -5.65. The molecule has 4 aliphatic rings. The number of aryl methyl sites for hydroxylation is 1. The van der Waals surface area contributed by atoms with Gasteiger partial charge in [-0.1, -0.05) is 29.8 Å². The number of allylic oxidation sites excluding steroid dienone is 6. The molecule has 4 atom stereocenters. The first-order chi connectivity index (χ1) is 21.2. The molecule has 2 amide bonds. The van der Waals surface area contributed by atoms with Crippen molar-refractivity contribution in [3.8, 4) is 5.75 Å². The van der Waals surface area contributed by atoms with Gasteiger partial charge in [0.05, 0.1) is 27.4 Å². The summed E-state index contributed by atoms with van der Waals surface area (Å²) in [6, 6.07) is 7.05. The average Bonchev–Trinajstić information content (AvgIpc) is 3.24. The number of hydrogen-bond acceptors (Lipinski definition) is 10. The van der Waals surface area contributed by atoms with E-state index in [2.05, 4.69) is 0 Å². The van der Waals surface area contributed by atoms with Gasteiger partial charge in [0.2, 0.25) is 11.8 Å². The number of fused-ring (bicyclic) bond motifs is 3. The number of aromatic hydroxyl groups is 1. The van der Waals surface area contributed by atoms with E-state index in [9.17, 15) is 44.5 Å². The van der Waals surface area contributed by atoms with E-state index in [-0.39, 0.29) is 58.3 Å². The van der Waals surface area contributed by atoms with E-state index in [1.807, 2.05) is 0 Å². The number of phenols is 1. The summed E-state index contributed by atoms with van der Waals surface area (Å²) in [5, 5.41) is 35.1. The molecule has 0 unspecified atom stereocenters. The molecule has 230 valence electrons. The van der Waals surface area contributed by atoms with E-state index in [1.54, 1.807) is 31.2 Å². The Balaban J connectivity index is 1.50. The molecular formula is C32H28N4O9. The maximum absolute atomic E-state index is 14.2. The fourth-order valence-electron chi connectivity index (χ4n) is 7.36. The molecule has 0 bridgehead atoms. The molecule has 13 heteroatoms. The number of amides is 2. The van der Waals surface area contributed by atoms with Crippen LogP contribution in [0.2, 0.25) is 0 Å². The van der Waals surface area contributed by atoms with Crippen LogP contribution in [0.25, 0.3) is 0 Å². The summed E-state index contributed by atoms with van der Waals surface area (Å²) in [6.07, 6.45) is 3.13. The number of ketones is 2. The molecule has 0 radical (unpaired) electrons. The number of nitro benzene ring substituents is 2. The van der Waals surface area contributed by atoms with Crippen LogP contribution >= 0.6 is 0 Å². The van der Waals surface area contributed by atoms with Gasteiger partial charge in [0.15, 0.2) is 17.3 Å². The quantitative estimate of drug-likeness (QED) is 0.169. The number of anilines is 2. The zero-order chi connectivity index (χ0) is 32.6. The molecule has 0 aromatic heterocycles. The van der Waals surface area contributed by atoms with Crippen LogP contribution in [0.1, 0.15) is 36.8 Å². The van der Waals surface area contributed by atoms with Crippen LogP contribution in [0.3, 0.4) is 0 Å². The monoisotopic (exact) mass is 612 g/mol. The van der Waals surface area contributed by atoms with Crippen LogP contribution in [-0.2, 0) is 19.2 Å². The number of hydrogen-bond donors (Lipinski definition) is 1. The summed E-state index contributed by atoms with van der Waals surface area (Å²) in [5.41, 5.74) is 0.376. The standard InChI is InChI=1S/C32H28N4O9/c1-14-6-5-7-18(29(14)38)25-17-8-9-19-26(20(17)13-21-27(25)24(37)10-15(2)30(21)39)32(41)34(31(19)40)16-11-22(35(42)43)28(33(3)4)23(12-16)36(44)45/h5-8,10-12,19-20,25-26,38H,9,13H2,1-4H3/t19-,20+,25+,26-/m0/s1. The number of phenolic OH excluding ortho intramolecular Hbond substituents is 1. The lowest BCUT2D eigenvalue weighted by atomic mass is 9.59. The van der Waals surface area contributed by atoms with Gasteiger partial charge in [0.1, 0.15) is 5.75 Å². The molecular weight excluding hydrogens is 584 g/mol. The topological polar surface area (TPSA) is 181 Å². The van der Waals surface area contributed by atoms with E-state index in [1.165, 1.54) is 32.0 Å². The van der Waals surface area contributed by atoms with Crippen molar-refractivity contribution in [3.05, 3.63) is 96.1 Å². The zero-order valence-corrected chi connectivity index (χ0v) is 24.8. The minimum Gasteiger partial charge on any atom is -0.507 e. The fraction of sp³-hybridized carbons (Fsp3) is 0.312. The van der Waals surface area contributed by atoms with Crippen LogP contribution in [0, 0.1) is 44.9 Å². The summed E-state index contributed by atoms with van der Waals surface area (Å²) in [6.45, 7) is 3.23. The average molecular weight is 613 g/mol. The summed E-state index contributed by atoms with van der Waals surface area (Å²) < 4.78 is 0. The van der Waals surface area contributed by atoms with Crippen molar-refractivity contribution in [1.29, 1.82) is 0 Å². The third kappa shape index (κ3) is 4.29. The third-order valence-electron chi connectivity index (χ3n) is 9.30. The zero-order valence-electron chi connectivity index (χ0n) is 24.8. The molecule has 3 aliphatic carbocycles. The summed E-state index contributed by atoms with van der Waals surface area (Å²) in [4.78, 5) is 79.3. The Kier molecular flexibility index (Phi) is 6.79. The van der Waals surface area contributed by atoms with Crippen LogP contribution < -0.4 is 9.80 Å². The first-order valence-corrected chi connectivity index (χ1v) is 14.2. The van der Waals surface area contributed by atoms with Gasteiger partial charge in [-0.15, -0.1) is 0 Å². The Morgan fingerprint density at radius 3 is 2.20 bits per heavy atom. The molecule has 1 N–H and O–H groups in total. The van der Waals surface area contributed by atoms with Crippen molar-refractivity contribution in [3.63, 3.8) is 0 Å². The molecule has 2 aromatic carbocycles. The predicted molar refractivity (Wildman–Crippen MR) is 161 cm³/mol. The Morgan fingerprint density at radius 2 is 1.60 bits per heavy atom. The Bertz CT molecular complexity index is 1850. The first-order valence-electron chi connectivity index (χ1n) is 14.2. The molecule has 0 saturated carbocycles. The highest BCUT2D eigenvalue weighted by Crippen LogP contribution is 2.57. The van der Waals surface area contributed by atoms with Crippen molar-refractivity contribution in [2.45, 2.75) is 32.6 Å². The Hall–Kier alpha value is -5.46. The van der Waals surface area contributed by atoms with Crippen molar-refractivity contribution >= 4 is 46.1 Å². The number of benzene rings is 2. The van der Waals surface area contributed by atoms with E-state index < -0.39 is 56.7 Å². The number of Topliss-reactive ketones (excluding diaryl/α,β-unsaturated/α-hetero) is 1. The fourth-order valence-corrected chi connectivity index (χ4v) is 7.36. The highest BCUT2D eigenvalue weighted by molar-refractivity contribution is 6.25. The molecule has 1 aliphatic heterocycles. The van der Waals surface area contributed by atoms with Gasteiger partial charge >= 0.3 is 11.4 Å². The predicted octanol–water partition coefficient (Wildman–Crippen LogP) is 4.22. The lowest BCUT2D eigenvalue weighted by Crippen LogP contribution is -2.39. The van der Waals surface area contributed by atoms with Gasteiger partial charge in [-0.25, -0.2) is 4.90 Å². The van der Waals surface area contributed by atoms with Gasteiger partial charge in [-0.3, -0.25) is 39.4 Å². The van der Waals surface area contributed by atoms with Crippen molar-refractivity contribution in [2.75, 3.05) is 23.9 Å². The maximum Gasteiger partial charge on any atom is 0.301 e. The smallest absolute Gasteiger partial charge is 0.301 e. The summed E-state index contributed by atoms with van der Waals surface area (Å²) in [7, 11) is 2.82. The molecule has 6 rings (SSSR count). The van der Waals surface area contributed by atoms with Gasteiger partial charge in [-0.2, -0.15) is 0 Å². The SMILES string of the molecule is CC1=CC(=O)C2=C(C[C@@H]3C(=CC[C@@H]4C(=O)N(c5cc([N+](=O)[O-])c(N(C)C)c([N+](=O)[O-])c5)C(=O)[C@@H]43)[C@@H]2c2cccc(C)c2O)C1=O. The van der Waals surface area contributed by atoms with E-state index in [0.717, 1.165) is 17.0 Å². The second-order valence-corrected chi connectivity index (χ2v) is 12.0. The van der Waals surface area contributed by atoms with Gasteiger partial charge in [-0.05, 0) is 44.2 Å². The van der Waals surface area contributed by atoms with Gasteiger partial charge in [0.25, 0.3) is 0 Å². The molecule has 1 heterocycles. The first kappa shape index (κ1) is 29.6. The normalized spacial score (nSPS) is 24.1. The minimum absolute atomic E-state index is 0.00606.